The van der Waals surface area contributed by atoms with Crippen molar-refractivity contribution in [3.05, 3.63) is 125 Å². The van der Waals surface area contributed by atoms with E-state index >= 15 is 0 Å². The van der Waals surface area contributed by atoms with Crippen LogP contribution in [0.2, 0.25) is 0 Å². The van der Waals surface area contributed by atoms with E-state index in [1.165, 1.54) is 0 Å². The minimum Gasteiger partial charge on any atom is -0.493 e. The summed E-state index contributed by atoms with van der Waals surface area (Å²) in [7, 11) is 3.26. The van der Waals surface area contributed by atoms with E-state index in [2.05, 4.69) is 19.1 Å². The Balaban J connectivity index is 1.48. The number of carbonyl (C=O) groups excluding carboxylic acids is 1. The summed E-state index contributed by atoms with van der Waals surface area (Å²) >= 11 is 0. The van der Waals surface area contributed by atoms with Crippen LogP contribution in [0, 0.1) is 0 Å². The smallest absolute Gasteiger partial charge is 0.227 e. The average molecular weight is 510 g/mol. The molecular weight excluding hydrogens is 474 g/mol. The van der Waals surface area contributed by atoms with Gasteiger partial charge < -0.3 is 19.1 Å². The molecule has 5 nitrogen and oxygen atoms in total. The van der Waals surface area contributed by atoms with Crippen LogP contribution in [0.25, 0.3) is 0 Å². The zero-order valence-electron chi connectivity index (χ0n) is 22.3. The zero-order valence-corrected chi connectivity index (χ0v) is 22.3. The van der Waals surface area contributed by atoms with Gasteiger partial charge in [-0.05, 0) is 59.9 Å². The van der Waals surface area contributed by atoms with Crippen molar-refractivity contribution < 1.29 is 19.0 Å². The van der Waals surface area contributed by atoms with E-state index in [4.69, 9.17) is 14.2 Å². The molecule has 5 heteroatoms. The number of benzene rings is 4. The molecule has 0 saturated carbocycles. The first kappa shape index (κ1) is 26.8. The van der Waals surface area contributed by atoms with Gasteiger partial charge in [0, 0.05) is 6.54 Å². The van der Waals surface area contributed by atoms with Gasteiger partial charge in [-0.25, -0.2) is 0 Å². The van der Waals surface area contributed by atoms with Crippen molar-refractivity contribution in [2.45, 2.75) is 32.4 Å². The molecule has 0 radical (unpaired) electrons. The first-order chi connectivity index (χ1) is 18.6. The maximum atomic E-state index is 13.7. The predicted octanol–water partition coefficient (Wildman–Crippen LogP) is 6.66. The van der Waals surface area contributed by atoms with E-state index in [0.717, 1.165) is 28.0 Å². The van der Waals surface area contributed by atoms with E-state index in [0.29, 0.717) is 37.5 Å². The summed E-state index contributed by atoms with van der Waals surface area (Å²) in [5, 5.41) is 0. The maximum Gasteiger partial charge on any atom is 0.227 e. The van der Waals surface area contributed by atoms with Crippen molar-refractivity contribution in [3.8, 4) is 17.2 Å². The molecule has 0 aliphatic heterocycles. The van der Waals surface area contributed by atoms with Gasteiger partial charge in [0.25, 0.3) is 0 Å². The van der Waals surface area contributed by atoms with Gasteiger partial charge in [0.15, 0.2) is 11.5 Å². The molecule has 0 heterocycles. The highest BCUT2D eigenvalue weighted by Crippen LogP contribution is 2.29. The molecular formula is C33H35NO4. The molecule has 1 atom stereocenters. The first-order valence-corrected chi connectivity index (χ1v) is 12.9. The summed E-state index contributed by atoms with van der Waals surface area (Å²) in [4.78, 5) is 15.7. The second kappa shape index (κ2) is 13.3. The lowest BCUT2D eigenvalue weighted by Crippen LogP contribution is -2.36. The lowest BCUT2D eigenvalue weighted by molar-refractivity contribution is -0.132. The van der Waals surface area contributed by atoms with Crippen LogP contribution in [0.1, 0.15) is 35.2 Å². The summed E-state index contributed by atoms with van der Waals surface area (Å²) in [6, 6.07) is 33.8. The van der Waals surface area contributed by atoms with Gasteiger partial charge in [0.05, 0.1) is 26.7 Å². The molecule has 0 N–H and O–H groups in total. The Morgan fingerprint density at radius 1 is 0.737 bits per heavy atom. The third-order valence-electron chi connectivity index (χ3n) is 6.66. The fourth-order valence-corrected chi connectivity index (χ4v) is 4.49. The van der Waals surface area contributed by atoms with Gasteiger partial charge in [-0.3, -0.25) is 4.79 Å². The third kappa shape index (κ3) is 7.16. The number of ether oxygens (including phenoxy) is 3. The van der Waals surface area contributed by atoms with Crippen LogP contribution in [-0.2, 0) is 24.2 Å². The van der Waals surface area contributed by atoms with Crippen molar-refractivity contribution in [1.29, 1.82) is 0 Å². The Bertz CT molecular complexity index is 1310. The molecule has 0 bridgehead atoms. The number of hydrogen-bond acceptors (Lipinski definition) is 4. The number of hydrogen-bond donors (Lipinski definition) is 0. The fourth-order valence-electron chi connectivity index (χ4n) is 4.49. The molecule has 0 fully saturated rings. The predicted molar refractivity (Wildman–Crippen MR) is 151 cm³/mol. The Kier molecular flexibility index (Phi) is 9.41. The van der Waals surface area contributed by atoms with Crippen molar-refractivity contribution in [2.24, 2.45) is 0 Å². The second-order valence-corrected chi connectivity index (χ2v) is 9.21. The Labute approximate surface area is 225 Å². The topological polar surface area (TPSA) is 48.0 Å². The number of nitrogens with zero attached hydrogens (tertiary/aromatic N) is 1. The molecule has 4 aromatic carbocycles. The SMILES string of the molecule is COc1ccc(CCN(C(=O)Cc2cccc(OCc3ccccc3)c2)[C@H](C)c2ccccc2)cc1OC. The van der Waals surface area contributed by atoms with Crippen molar-refractivity contribution in [3.63, 3.8) is 0 Å². The minimum absolute atomic E-state index is 0.0682. The standard InChI is InChI=1S/C33H35NO4/c1-25(29-14-8-5-9-15-29)34(20-19-26-17-18-31(36-2)32(22-26)37-3)33(35)23-28-13-10-16-30(21-28)38-24-27-11-6-4-7-12-27/h4-18,21-22,25H,19-20,23-24H2,1-3H3/t25-/m1/s1. The van der Waals surface area contributed by atoms with Crippen LogP contribution in [0.4, 0.5) is 0 Å². The van der Waals surface area contributed by atoms with Crippen LogP contribution in [0.3, 0.4) is 0 Å². The van der Waals surface area contributed by atoms with E-state index in [9.17, 15) is 4.79 Å². The van der Waals surface area contributed by atoms with Gasteiger partial charge in [-0.2, -0.15) is 0 Å². The average Bonchev–Trinajstić information content (AvgIpc) is 2.97. The quantitative estimate of drug-likeness (QED) is 0.214. The summed E-state index contributed by atoms with van der Waals surface area (Å²) < 4.78 is 16.8. The fraction of sp³-hybridized carbons (Fsp3) is 0.242. The first-order valence-electron chi connectivity index (χ1n) is 12.9. The Hall–Kier alpha value is -4.25. The largest absolute Gasteiger partial charge is 0.493 e. The summed E-state index contributed by atoms with van der Waals surface area (Å²) in [5.74, 6) is 2.21. The van der Waals surface area contributed by atoms with Crippen LogP contribution < -0.4 is 14.2 Å². The van der Waals surface area contributed by atoms with Gasteiger partial charge >= 0.3 is 0 Å². The molecule has 0 unspecified atom stereocenters. The highest BCUT2D eigenvalue weighted by molar-refractivity contribution is 5.79. The van der Waals surface area contributed by atoms with Crippen LogP contribution in [0.5, 0.6) is 17.2 Å². The molecule has 196 valence electrons. The maximum absolute atomic E-state index is 13.7. The molecule has 0 aromatic heterocycles. The highest BCUT2D eigenvalue weighted by Gasteiger charge is 2.22. The van der Waals surface area contributed by atoms with Crippen molar-refractivity contribution in [1.82, 2.24) is 4.90 Å². The zero-order chi connectivity index (χ0) is 26.7. The highest BCUT2D eigenvalue weighted by atomic mass is 16.5. The van der Waals surface area contributed by atoms with E-state index < -0.39 is 0 Å². The monoisotopic (exact) mass is 509 g/mol. The van der Waals surface area contributed by atoms with Crippen LogP contribution >= 0.6 is 0 Å². The van der Waals surface area contributed by atoms with E-state index in [1.807, 2.05) is 95.9 Å². The Morgan fingerprint density at radius 2 is 1.42 bits per heavy atom. The normalized spacial score (nSPS) is 11.4. The van der Waals surface area contributed by atoms with Crippen molar-refractivity contribution >= 4 is 5.91 Å². The van der Waals surface area contributed by atoms with E-state index in [-0.39, 0.29) is 11.9 Å². The lowest BCUT2D eigenvalue weighted by atomic mass is 10.0. The summed E-state index contributed by atoms with van der Waals surface area (Å²) in [5.41, 5.74) is 4.22. The number of carbonyl (C=O) groups is 1. The third-order valence-corrected chi connectivity index (χ3v) is 6.66. The van der Waals surface area contributed by atoms with Gasteiger partial charge in [-0.15, -0.1) is 0 Å². The molecule has 1 amide bonds. The van der Waals surface area contributed by atoms with Gasteiger partial charge in [-0.1, -0.05) is 78.9 Å². The number of amides is 1. The van der Waals surface area contributed by atoms with Gasteiger partial charge in [0.1, 0.15) is 12.4 Å². The van der Waals surface area contributed by atoms with Crippen LogP contribution in [-0.4, -0.2) is 31.6 Å². The molecule has 4 aromatic rings. The lowest BCUT2D eigenvalue weighted by Gasteiger charge is -2.30. The number of rotatable bonds is 12. The molecule has 0 spiro atoms. The molecule has 4 rings (SSSR count). The minimum atomic E-state index is -0.0682. The second-order valence-electron chi connectivity index (χ2n) is 9.21. The summed E-state index contributed by atoms with van der Waals surface area (Å²) in [6.45, 7) is 3.15. The van der Waals surface area contributed by atoms with Crippen molar-refractivity contribution in [2.75, 3.05) is 20.8 Å². The Morgan fingerprint density at radius 3 is 2.13 bits per heavy atom. The van der Waals surface area contributed by atoms with Crippen LogP contribution in [0.15, 0.2) is 103 Å². The number of methoxy groups -OCH3 is 2. The molecule has 0 aliphatic rings. The molecule has 0 saturated heterocycles. The van der Waals surface area contributed by atoms with Gasteiger partial charge in [0.2, 0.25) is 5.91 Å². The molecule has 0 aliphatic carbocycles. The molecule has 38 heavy (non-hydrogen) atoms. The van der Waals surface area contributed by atoms with E-state index in [1.54, 1.807) is 14.2 Å². The summed E-state index contributed by atoms with van der Waals surface area (Å²) in [6.07, 6.45) is 0.995.